The molecule has 2 aromatic carbocycles. The Balaban J connectivity index is 1.65. The molecule has 0 fully saturated rings. The van der Waals surface area contributed by atoms with Crippen LogP contribution in [0.3, 0.4) is 0 Å². The van der Waals surface area contributed by atoms with Crippen LogP contribution in [0.25, 0.3) is 5.69 Å². The number of thioether (sulfide) groups is 1. The zero-order valence-corrected chi connectivity index (χ0v) is 23.8. The molecule has 3 heterocycles. The SMILES string of the molecule is Cc1cccc([C@H]2SCC(=O)N(CC(=O)NCc3cccnc3)c3c2c(C(C)(C)C)nn3-c2ccc(F)cc2)c1. The largest absolute Gasteiger partial charge is 0.350 e. The molecule has 0 unspecified atom stereocenters. The Labute approximate surface area is 237 Å². The molecule has 1 N–H and O–H groups in total. The minimum Gasteiger partial charge on any atom is -0.350 e. The molecule has 0 radical (unpaired) electrons. The Bertz CT molecular complexity index is 1530. The van der Waals surface area contributed by atoms with E-state index in [0.717, 1.165) is 27.9 Å². The summed E-state index contributed by atoms with van der Waals surface area (Å²) < 4.78 is 15.6. The normalized spacial score (nSPS) is 15.5. The number of pyridine rings is 1. The van der Waals surface area contributed by atoms with E-state index in [-0.39, 0.29) is 40.6 Å². The number of carbonyl (C=O) groups is 2. The van der Waals surface area contributed by atoms with Crippen LogP contribution < -0.4 is 10.2 Å². The van der Waals surface area contributed by atoms with E-state index in [1.165, 1.54) is 28.8 Å². The van der Waals surface area contributed by atoms with E-state index in [4.69, 9.17) is 5.10 Å². The number of halogens is 1. The van der Waals surface area contributed by atoms with Crippen molar-refractivity contribution in [1.82, 2.24) is 20.1 Å². The van der Waals surface area contributed by atoms with Gasteiger partial charge < -0.3 is 5.32 Å². The topological polar surface area (TPSA) is 80.1 Å². The molecule has 1 aliphatic rings. The standard InChI is InChI=1S/C31H32FN5O2S/c1-20-7-5-9-22(15-20)28-27-29(31(2,3)4)35-37(24-12-10-23(32)11-13-24)30(27)36(26(39)19-40-28)18-25(38)34-17-21-8-6-14-33-16-21/h5-16,28H,17-19H2,1-4H3,(H,34,38)/t28-/m1/s1. The summed E-state index contributed by atoms with van der Waals surface area (Å²) in [6.07, 6.45) is 3.37. The van der Waals surface area contributed by atoms with Crippen LogP contribution in [0.4, 0.5) is 10.2 Å². The molecule has 40 heavy (non-hydrogen) atoms. The summed E-state index contributed by atoms with van der Waals surface area (Å²) >= 11 is 1.53. The quantitative estimate of drug-likeness (QED) is 0.339. The number of aryl methyl sites for hydroxylation is 1. The van der Waals surface area contributed by atoms with Crippen molar-refractivity contribution in [1.29, 1.82) is 0 Å². The van der Waals surface area contributed by atoms with Crippen molar-refractivity contribution in [2.45, 2.75) is 44.9 Å². The average Bonchev–Trinajstić information content (AvgIpc) is 3.26. The third kappa shape index (κ3) is 5.79. The summed E-state index contributed by atoms with van der Waals surface area (Å²) in [7, 11) is 0. The minimum atomic E-state index is -0.375. The lowest BCUT2D eigenvalue weighted by Crippen LogP contribution is -2.42. The maximum atomic E-state index is 13.9. The predicted molar refractivity (Wildman–Crippen MR) is 156 cm³/mol. The summed E-state index contributed by atoms with van der Waals surface area (Å²) in [6, 6.07) is 18.0. The van der Waals surface area contributed by atoms with Crippen LogP contribution in [-0.2, 0) is 21.5 Å². The van der Waals surface area contributed by atoms with Crippen LogP contribution in [0.2, 0.25) is 0 Å². The molecule has 5 rings (SSSR count). The number of amides is 2. The number of anilines is 1. The van der Waals surface area contributed by atoms with E-state index in [2.05, 4.69) is 43.2 Å². The first-order chi connectivity index (χ1) is 19.1. The highest BCUT2D eigenvalue weighted by Crippen LogP contribution is 2.48. The number of nitrogens with one attached hydrogen (secondary N) is 1. The van der Waals surface area contributed by atoms with E-state index in [1.807, 2.05) is 31.2 Å². The molecule has 0 saturated carbocycles. The van der Waals surface area contributed by atoms with Crippen molar-refractivity contribution in [2.24, 2.45) is 0 Å². The number of hydrogen-bond acceptors (Lipinski definition) is 5. The van der Waals surface area contributed by atoms with Crippen LogP contribution in [0.1, 0.15) is 54.0 Å². The Hall–Kier alpha value is -3.98. The van der Waals surface area contributed by atoms with Crippen LogP contribution >= 0.6 is 11.8 Å². The van der Waals surface area contributed by atoms with Crippen molar-refractivity contribution < 1.29 is 14.0 Å². The fourth-order valence-corrected chi connectivity index (χ4v) is 6.02. The molecule has 2 aromatic heterocycles. The molecular formula is C31H32FN5O2S. The molecule has 0 spiro atoms. The maximum absolute atomic E-state index is 13.9. The molecule has 4 aromatic rings. The summed E-state index contributed by atoms with van der Waals surface area (Å²) in [5.74, 6) is -0.132. The Kier molecular flexibility index (Phi) is 7.76. The molecule has 7 nitrogen and oxygen atoms in total. The van der Waals surface area contributed by atoms with Gasteiger partial charge >= 0.3 is 0 Å². The highest BCUT2D eigenvalue weighted by Gasteiger charge is 2.40. The Morgan fingerprint density at radius 1 is 1.12 bits per heavy atom. The van der Waals surface area contributed by atoms with Crippen LogP contribution in [0.5, 0.6) is 0 Å². The number of fused-ring (bicyclic) bond motifs is 1. The zero-order chi connectivity index (χ0) is 28.4. The van der Waals surface area contributed by atoms with E-state index >= 15 is 0 Å². The van der Waals surface area contributed by atoms with Gasteiger partial charge in [-0.1, -0.05) is 56.7 Å². The number of carbonyl (C=O) groups excluding carboxylic acids is 2. The lowest BCUT2D eigenvalue weighted by atomic mass is 9.87. The first-order valence-corrected chi connectivity index (χ1v) is 14.2. The minimum absolute atomic E-state index is 0.177. The van der Waals surface area contributed by atoms with Gasteiger partial charge in [-0.25, -0.2) is 9.07 Å². The lowest BCUT2D eigenvalue weighted by molar-refractivity contribution is -0.123. The summed E-state index contributed by atoms with van der Waals surface area (Å²) in [4.78, 5) is 32.6. The zero-order valence-electron chi connectivity index (χ0n) is 23.0. The molecule has 0 bridgehead atoms. The monoisotopic (exact) mass is 557 g/mol. The van der Waals surface area contributed by atoms with Crippen molar-refractivity contribution >= 4 is 29.4 Å². The van der Waals surface area contributed by atoms with Gasteiger partial charge in [0.1, 0.15) is 18.2 Å². The summed E-state index contributed by atoms with van der Waals surface area (Å²) in [5.41, 5.74) is 4.98. The third-order valence-corrected chi connectivity index (χ3v) is 7.98. The van der Waals surface area contributed by atoms with Crippen molar-refractivity contribution in [3.05, 3.63) is 107 Å². The van der Waals surface area contributed by atoms with Crippen molar-refractivity contribution in [2.75, 3.05) is 17.2 Å². The summed E-state index contributed by atoms with van der Waals surface area (Å²) in [6.45, 7) is 8.42. The van der Waals surface area contributed by atoms with Gasteiger partial charge in [0.05, 0.1) is 22.4 Å². The Morgan fingerprint density at radius 2 is 1.90 bits per heavy atom. The molecule has 9 heteroatoms. The van der Waals surface area contributed by atoms with Gasteiger partial charge in [0.25, 0.3) is 0 Å². The first-order valence-electron chi connectivity index (χ1n) is 13.2. The van der Waals surface area contributed by atoms with Crippen molar-refractivity contribution in [3.63, 3.8) is 0 Å². The van der Waals surface area contributed by atoms with Crippen LogP contribution in [0.15, 0.2) is 73.1 Å². The fraction of sp³-hybridized carbons (Fsp3) is 0.290. The molecule has 1 aliphatic heterocycles. The van der Waals surface area contributed by atoms with Crippen molar-refractivity contribution in [3.8, 4) is 5.69 Å². The van der Waals surface area contributed by atoms with Gasteiger partial charge in [-0.15, -0.1) is 11.8 Å². The predicted octanol–water partition coefficient (Wildman–Crippen LogP) is 5.50. The molecule has 1 atom stereocenters. The van der Waals surface area contributed by atoms with E-state index in [9.17, 15) is 14.0 Å². The molecule has 0 aliphatic carbocycles. The molecule has 0 saturated heterocycles. The highest BCUT2D eigenvalue weighted by atomic mass is 32.2. The van der Waals surface area contributed by atoms with Gasteiger partial charge in [-0.05, 0) is 48.4 Å². The second kappa shape index (κ2) is 11.3. The second-order valence-corrected chi connectivity index (χ2v) is 12.0. The number of benzene rings is 2. The summed E-state index contributed by atoms with van der Waals surface area (Å²) in [5, 5.41) is 7.76. The van der Waals surface area contributed by atoms with Crippen LogP contribution in [-0.4, -0.2) is 38.9 Å². The second-order valence-electron chi connectivity index (χ2n) is 10.9. The van der Waals surface area contributed by atoms with Gasteiger partial charge in [0.2, 0.25) is 11.8 Å². The highest BCUT2D eigenvalue weighted by molar-refractivity contribution is 8.00. The van der Waals surface area contributed by atoms with Gasteiger partial charge in [0.15, 0.2) is 0 Å². The number of hydrogen-bond donors (Lipinski definition) is 1. The lowest BCUT2D eigenvalue weighted by Gasteiger charge is -2.24. The third-order valence-electron chi connectivity index (χ3n) is 6.73. The van der Waals surface area contributed by atoms with Crippen LogP contribution in [0, 0.1) is 12.7 Å². The maximum Gasteiger partial charge on any atom is 0.240 e. The number of rotatable bonds is 6. The first kappa shape index (κ1) is 27.6. The molecule has 206 valence electrons. The van der Waals surface area contributed by atoms with Gasteiger partial charge in [-0.2, -0.15) is 5.10 Å². The number of nitrogens with zero attached hydrogens (tertiary/aromatic N) is 4. The smallest absolute Gasteiger partial charge is 0.240 e. The van der Waals surface area contributed by atoms with E-state index < -0.39 is 0 Å². The fourth-order valence-electron chi connectivity index (χ4n) is 4.83. The van der Waals surface area contributed by atoms with E-state index in [0.29, 0.717) is 18.1 Å². The van der Waals surface area contributed by atoms with E-state index in [1.54, 1.807) is 29.2 Å². The Morgan fingerprint density at radius 3 is 2.58 bits per heavy atom. The average molecular weight is 558 g/mol. The van der Waals surface area contributed by atoms with Gasteiger partial charge in [-0.3, -0.25) is 19.5 Å². The number of aromatic nitrogens is 3. The molecule has 2 amide bonds. The van der Waals surface area contributed by atoms with Gasteiger partial charge in [0, 0.05) is 29.9 Å². The molecular weight excluding hydrogens is 525 g/mol.